The van der Waals surface area contributed by atoms with Crippen LogP contribution >= 0.6 is 11.6 Å². The van der Waals surface area contributed by atoms with Crippen molar-refractivity contribution in [3.63, 3.8) is 0 Å². The molecule has 0 unspecified atom stereocenters. The van der Waals surface area contributed by atoms with Crippen LogP contribution in [0.4, 0.5) is 0 Å². The first kappa shape index (κ1) is 18.1. The first-order chi connectivity index (χ1) is 13.7. The number of hydrogen-bond donors (Lipinski definition) is 0. The lowest BCUT2D eigenvalue weighted by molar-refractivity contribution is 1.32. The zero-order valence-corrected chi connectivity index (χ0v) is 16.3. The molecule has 2 aromatic carbocycles. The predicted octanol–water partition coefficient (Wildman–Crippen LogP) is 7.25. The van der Waals surface area contributed by atoms with E-state index in [-0.39, 0.29) is 0 Å². The largest absolute Gasteiger partial charge is 0.246 e. The van der Waals surface area contributed by atoms with E-state index in [0.29, 0.717) is 5.02 Å². The fourth-order valence-corrected chi connectivity index (χ4v) is 3.26. The van der Waals surface area contributed by atoms with Crippen molar-refractivity contribution >= 4 is 39.0 Å². The Labute approximate surface area is 169 Å². The smallest absolute Gasteiger partial charge is 0.0972 e. The molecule has 0 aliphatic rings. The van der Waals surface area contributed by atoms with Gasteiger partial charge in [-0.2, -0.15) is 0 Å². The summed E-state index contributed by atoms with van der Waals surface area (Å²) in [6.45, 7) is 5.75. The highest BCUT2D eigenvalue weighted by molar-refractivity contribution is 6.30. The van der Waals surface area contributed by atoms with Crippen LogP contribution in [0, 0.1) is 0 Å². The van der Waals surface area contributed by atoms with E-state index in [1.165, 1.54) is 0 Å². The molecule has 0 amide bonds. The highest BCUT2D eigenvalue weighted by atomic mass is 35.5. The van der Waals surface area contributed by atoms with E-state index in [2.05, 4.69) is 37.8 Å². The molecule has 28 heavy (non-hydrogen) atoms. The van der Waals surface area contributed by atoms with Crippen LogP contribution in [0.2, 0.25) is 5.02 Å². The normalized spacial score (nSPS) is 12.1. The van der Waals surface area contributed by atoms with Gasteiger partial charge in [-0.1, -0.05) is 78.9 Å². The third-order valence-corrected chi connectivity index (χ3v) is 4.91. The number of allylic oxidation sites excluding steroid dienone is 5. The molecule has 3 heteroatoms. The maximum Gasteiger partial charge on any atom is 0.0972 e. The van der Waals surface area contributed by atoms with Gasteiger partial charge < -0.3 is 0 Å². The molecule has 0 radical (unpaired) electrons. The van der Waals surface area contributed by atoms with Crippen molar-refractivity contribution in [1.29, 1.82) is 0 Å². The fourth-order valence-electron chi connectivity index (χ4n) is 3.13. The van der Waals surface area contributed by atoms with Gasteiger partial charge in [0.25, 0.3) is 0 Å². The van der Waals surface area contributed by atoms with Gasteiger partial charge in [-0.25, -0.2) is 9.97 Å². The Morgan fingerprint density at radius 2 is 1.46 bits per heavy atom. The minimum Gasteiger partial charge on any atom is -0.246 e. The van der Waals surface area contributed by atoms with E-state index in [1.807, 2.05) is 54.6 Å². The summed E-state index contributed by atoms with van der Waals surface area (Å²) in [5, 5.41) is 2.86. The Morgan fingerprint density at radius 1 is 0.821 bits per heavy atom. The summed E-state index contributed by atoms with van der Waals surface area (Å²) in [5.74, 6) is 0. The lowest BCUT2D eigenvalue weighted by Gasteiger charge is -2.08. The quantitative estimate of drug-likeness (QED) is 0.274. The van der Waals surface area contributed by atoms with E-state index >= 15 is 0 Å². The van der Waals surface area contributed by atoms with Gasteiger partial charge in [0, 0.05) is 21.4 Å². The first-order valence-corrected chi connectivity index (χ1v) is 9.46. The predicted molar refractivity (Wildman–Crippen MR) is 120 cm³/mol. The second kappa shape index (κ2) is 7.79. The second-order valence-electron chi connectivity index (χ2n) is 6.58. The summed E-state index contributed by atoms with van der Waals surface area (Å²) < 4.78 is 0. The number of aromatic nitrogens is 2. The van der Waals surface area contributed by atoms with E-state index in [9.17, 15) is 0 Å². The minimum absolute atomic E-state index is 0.717. The summed E-state index contributed by atoms with van der Waals surface area (Å²) in [6, 6.07) is 20.2. The van der Waals surface area contributed by atoms with Gasteiger partial charge in [0.1, 0.15) is 0 Å². The van der Waals surface area contributed by atoms with Crippen molar-refractivity contribution in [1.82, 2.24) is 9.97 Å². The Balaban J connectivity index is 1.88. The molecule has 2 nitrogen and oxygen atoms in total. The molecule has 0 aliphatic carbocycles. The molecule has 2 aromatic heterocycles. The van der Waals surface area contributed by atoms with E-state index in [4.69, 9.17) is 21.6 Å². The molecule has 0 bridgehead atoms. The standard InChI is InChI=1S/C25H19ClN2/c1-3-4-5-6-17(2)22-15-11-19-7-8-20-12-16-23(28-25(20)24(19)27-22)18-9-13-21(26)14-10-18/h3-16H,1H2,2H3/b5-4-,17-6+. The van der Waals surface area contributed by atoms with E-state index in [0.717, 1.165) is 44.3 Å². The van der Waals surface area contributed by atoms with Crippen LogP contribution in [0.3, 0.4) is 0 Å². The van der Waals surface area contributed by atoms with Crippen molar-refractivity contribution in [2.45, 2.75) is 6.92 Å². The Morgan fingerprint density at radius 3 is 2.18 bits per heavy atom. The van der Waals surface area contributed by atoms with Crippen LogP contribution in [-0.2, 0) is 0 Å². The molecule has 4 rings (SSSR count). The molecule has 4 aromatic rings. The fraction of sp³-hybridized carbons (Fsp3) is 0.0400. The number of pyridine rings is 2. The Bertz CT molecular complexity index is 1230. The van der Waals surface area contributed by atoms with Crippen LogP contribution in [0.15, 0.2) is 91.5 Å². The molecule has 0 N–H and O–H groups in total. The lowest BCUT2D eigenvalue weighted by Crippen LogP contribution is -1.92. The summed E-state index contributed by atoms with van der Waals surface area (Å²) in [5.41, 5.74) is 5.78. The molecule has 0 spiro atoms. The van der Waals surface area contributed by atoms with Crippen LogP contribution in [-0.4, -0.2) is 9.97 Å². The van der Waals surface area contributed by atoms with Crippen LogP contribution < -0.4 is 0 Å². The van der Waals surface area contributed by atoms with Crippen molar-refractivity contribution in [2.24, 2.45) is 0 Å². The molecule has 0 atom stereocenters. The first-order valence-electron chi connectivity index (χ1n) is 9.08. The van der Waals surface area contributed by atoms with Gasteiger partial charge in [-0.3, -0.25) is 0 Å². The highest BCUT2D eigenvalue weighted by Crippen LogP contribution is 2.28. The average molecular weight is 383 g/mol. The summed E-state index contributed by atoms with van der Waals surface area (Å²) in [7, 11) is 0. The molecule has 0 aliphatic heterocycles. The monoisotopic (exact) mass is 382 g/mol. The van der Waals surface area contributed by atoms with Gasteiger partial charge in [0.05, 0.1) is 22.4 Å². The third kappa shape index (κ3) is 3.60. The number of rotatable bonds is 4. The van der Waals surface area contributed by atoms with Gasteiger partial charge in [0.15, 0.2) is 0 Å². The molecule has 0 saturated heterocycles. The molecule has 136 valence electrons. The SMILES string of the molecule is C=C/C=C\C=C(/C)c1ccc2ccc3ccc(-c4ccc(Cl)cc4)nc3c2n1. The highest BCUT2D eigenvalue weighted by Gasteiger charge is 2.08. The van der Waals surface area contributed by atoms with Gasteiger partial charge in [0.2, 0.25) is 0 Å². The topological polar surface area (TPSA) is 25.8 Å². The maximum absolute atomic E-state index is 6.02. The zero-order valence-electron chi connectivity index (χ0n) is 15.6. The van der Waals surface area contributed by atoms with Gasteiger partial charge in [-0.05, 0) is 36.8 Å². The van der Waals surface area contributed by atoms with Crippen molar-refractivity contribution in [2.75, 3.05) is 0 Å². The summed E-state index contributed by atoms with van der Waals surface area (Å²) in [6.07, 6.45) is 7.66. The summed E-state index contributed by atoms with van der Waals surface area (Å²) >= 11 is 6.02. The molecule has 0 saturated carbocycles. The number of nitrogens with zero attached hydrogens (tertiary/aromatic N) is 2. The number of fused-ring (bicyclic) bond motifs is 3. The van der Waals surface area contributed by atoms with Crippen LogP contribution in [0.25, 0.3) is 38.6 Å². The molecular weight excluding hydrogens is 364 g/mol. The molecule has 0 fully saturated rings. The van der Waals surface area contributed by atoms with Crippen LogP contribution in [0.5, 0.6) is 0 Å². The zero-order chi connectivity index (χ0) is 19.5. The second-order valence-corrected chi connectivity index (χ2v) is 7.02. The minimum atomic E-state index is 0.717. The average Bonchev–Trinajstić information content (AvgIpc) is 2.73. The van der Waals surface area contributed by atoms with Crippen molar-refractivity contribution < 1.29 is 0 Å². The summed E-state index contributed by atoms with van der Waals surface area (Å²) in [4.78, 5) is 9.85. The van der Waals surface area contributed by atoms with Gasteiger partial charge >= 0.3 is 0 Å². The van der Waals surface area contributed by atoms with E-state index < -0.39 is 0 Å². The van der Waals surface area contributed by atoms with Crippen LogP contribution in [0.1, 0.15) is 12.6 Å². The van der Waals surface area contributed by atoms with Gasteiger partial charge in [-0.15, -0.1) is 0 Å². The Hall–Kier alpha value is -3.23. The molecular formula is C25H19ClN2. The van der Waals surface area contributed by atoms with E-state index in [1.54, 1.807) is 6.08 Å². The third-order valence-electron chi connectivity index (χ3n) is 4.66. The lowest BCUT2D eigenvalue weighted by atomic mass is 10.1. The number of halogens is 1. The van der Waals surface area contributed by atoms with Crippen molar-refractivity contribution in [3.8, 4) is 11.3 Å². The Kier molecular flexibility index (Phi) is 5.05. The number of hydrogen-bond acceptors (Lipinski definition) is 2. The number of benzene rings is 2. The maximum atomic E-state index is 6.02. The molecule has 2 heterocycles. The van der Waals surface area contributed by atoms with Crippen molar-refractivity contribution in [3.05, 3.63) is 102 Å².